The van der Waals surface area contributed by atoms with Crippen molar-refractivity contribution in [3.8, 4) is 11.5 Å². The number of amides is 1. The minimum atomic E-state index is -0.814. The van der Waals surface area contributed by atoms with Gasteiger partial charge in [-0.15, -0.1) is 16.7 Å². The predicted octanol–water partition coefficient (Wildman–Crippen LogP) is 6.13. The highest BCUT2D eigenvalue weighted by molar-refractivity contribution is 7.99. The number of nitrogens with two attached hydrogens (primary N) is 1. The van der Waals surface area contributed by atoms with Crippen molar-refractivity contribution in [2.24, 2.45) is 28.7 Å². The number of rotatable bonds is 11. The molecule has 2 heterocycles. The second-order valence-corrected chi connectivity index (χ2v) is 14.8. The van der Waals surface area contributed by atoms with Crippen molar-refractivity contribution in [1.82, 2.24) is 4.90 Å². The zero-order valence-electron chi connectivity index (χ0n) is 25.5. The van der Waals surface area contributed by atoms with E-state index in [1.807, 2.05) is 6.07 Å². The molecule has 2 saturated carbocycles. The third kappa shape index (κ3) is 4.75. The van der Waals surface area contributed by atoms with Crippen LogP contribution in [0.5, 0.6) is 11.5 Å². The van der Waals surface area contributed by atoms with Crippen molar-refractivity contribution in [3.63, 3.8) is 0 Å². The van der Waals surface area contributed by atoms with Crippen LogP contribution in [-0.4, -0.2) is 59.2 Å². The molecule has 1 spiro atoms. The van der Waals surface area contributed by atoms with Gasteiger partial charge in [0.15, 0.2) is 16.9 Å². The van der Waals surface area contributed by atoms with Gasteiger partial charge in [-0.3, -0.25) is 15.0 Å². The number of unbranched alkanes of at least 4 members (excludes halogenated alkanes) is 1. The van der Waals surface area contributed by atoms with Crippen LogP contribution >= 0.6 is 11.8 Å². The van der Waals surface area contributed by atoms with E-state index in [1.54, 1.807) is 36.0 Å². The lowest BCUT2D eigenvalue weighted by atomic mass is 9.47. The van der Waals surface area contributed by atoms with Gasteiger partial charge in [0.05, 0.1) is 5.54 Å². The highest BCUT2D eigenvalue weighted by Crippen LogP contribution is 2.67. The molecule has 2 aliphatic heterocycles. The van der Waals surface area contributed by atoms with Gasteiger partial charge in [-0.2, -0.15) is 0 Å². The van der Waals surface area contributed by atoms with E-state index in [4.69, 9.17) is 15.2 Å². The second kappa shape index (κ2) is 11.4. The first-order valence-corrected chi connectivity index (χ1v) is 17.2. The van der Waals surface area contributed by atoms with Crippen molar-refractivity contribution < 1.29 is 19.1 Å². The number of hydrogen-bond acceptors (Lipinski definition) is 9. The van der Waals surface area contributed by atoms with Crippen LogP contribution in [0, 0.1) is 22.7 Å². The summed E-state index contributed by atoms with van der Waals surface area (Å²) >= 11 is 1.59. The third-order valence-corrected chi connectivity index (χ3v) is 12.5. The molecule has 0 aromatic heterocycles. The molecule has 2 aromatic rings. The van der Waals surface area contributed by atoms with Gasteiger partial charge in [0.2, 0.25) is 0 Å². The monoisotopic (exact) mass is 618 g/mol. The lowest BCUT2D eigenvalue weighted by Gasteiger charge is -2.63. The number of nitrogens with one attached hydrogen (secondary N) is 1. The van der Waals surface area contributed by atoms with E-state index in [0.717, 1.165) is 63.2 Å². The van der Waals surface area contributed by atoms with Crippen LogP contribution in [0.1, 0.15) is 73.9 Å². The number of ether oxygens (including phenoxy) is 2. The highest BCUT2D eigenvalue weighted by atomic mass is 32.2. The second-order valence-electron chi connectivity index (χ2n) is 13.6. The van der Waals surface area contributed by atoms with Crippen LogP contribution in [0.25, 0.3) is 0 Å². The first kappa shape index (κ1) is 29.7. The Labute approximate surface area is 263 Å². The number of nitroso groups, excluding NO2 is 1. The molecule has 5 aliphatic rings. The first-order chi connectivity index (χ1) is 21.3. The van der Waals surface area contributed by atoms with Gasteiger partial charge in [-0.05, 0) is 98.6 Å². The van der Waals surface area contributed by atoms with Gasteiger partial charge in [0.25, 0.3) is 0 Å². The number of carbonyl (C=O) groups excluding carboxylic acids is 2. The van der Waals surface area contributed by atoms with E-state index in [-0.39, 0.29) is 23.4 Å². The fraction of sp³-hybridized carbons (Fsp3) is 0.588. The Hall–Kier alpha value is -2.95. The van der Waals surface area contributed by atoms with Crippen molar-refractivity contribution in [3.05, 3.63) is 58.0 Å². The smallest absolute Gasteiger partial charge is 0.417 e. The van der Waals surface area contributed by atoms with Crippen molar-refractivity contribution >= 4 is 29.8 Å². The van der Waals surface area contributed by atoms with E-state index >= 15 is 0 Å². The molecule has 3 N–H and O–H groups in total. The maximum atomic E-state index is 13.1. The van der Waals surface area contributed by atoms with E-state index in [9.17, 15) is 14.5 Å². The molecular weight excluding hydrogens is 576 g/mol. The van der Waals surface area contributed by atoms with Crippen LogP contribution in [0.15, 0.2) is 41.6 Å². The Kier molecular flexibility index (Phi) is 7.74. The Morgan fingerprint density at radius 2 is 2.07 bits per heavy atom. The van der Waals surface area contributed by atoms with Crippen molar-refractivity contribution in [2.75, 3.05) is 24.2 Å². The van der Waals surface area contributed by atoms with E-state index in [0.29, 0.717) is 28.8 Å². The van der Waals surface area contributed by atoms with Gasteiger partial charge in [-0.25, -0.2) is 4.79 Å². The van der Waals surface area contributed by atoms with E-state index < -0.39 is 17.0 Å². The quantitative estimate of drug-likeness (QED) is 0.175. The number of benzene rings is 2. The molecule has 44 heavy (non-hydrogen) atoms. The van der Waals surface area contributed by atoms with Crippen LogP contribution in [0.4, 0.5) is 10.5 Å². The lowest BCUT2D eigenvalue weighted by molar-refractivity contribution is -0.102. The van der Waals surface area contributed by atoms with Crippen LogP contribution in [0.2, 0.25) is 0 Å². The number of aldehydes is 1. The molecule has 1 amide bonds. The number of nitrogens with zero attached hydrogens (tertiary/aromatic N) is 2. The number of likely N-dealkylation sites (tertiary alicyclic amines) is 1. The summed E-state index contributed by atoms with van der Waals surface area (Å²) in [4.78, 5) is 39.2. The first-order valence-electron chi connectivity index (χ1n) is 16.2. The average Bonchev–Trinajstić information content (AvgIpc) is 3.77. The minimum absolute atomic E-state index is 0.137. The number of carbonyl (C=O) groups is 2. The van der Waals surface area contributed by atoms with E-state index in [1.165, 1.54) is 24.0 Å². The van der Waals surface area contributed by atoms with E-state index in [2.05, 4.69) is 35.3 Å². The maximum Gasteiger partial charge on any atom is 0.417 e. The molecule has 2 unspecified atom stereocenters. The number of thioether (sulfide) groups is 1. The maximum absolute atomic E-state index is 13.1. The zero-order chi connectivity index (χ0) is 30.6. The summed E-state index contributed by atoms with van der Waals surface area (Å²) in [5.74, 6) is 2.74. The molecule has 2 bridgehead atoms. The Bertz CT molecular complexity index is 1450. The summed E-state index contributed by atoms with van der Waals surface area (Å²) in [6.07, 6.45) is 7.13. The van der Waals surface area contributed by atoms with Gasteiger partial charge < -0.3 is 15.2 Å². The fourth-order valence-corrected chi connectivity index (χ4v) is 10.1. The topological polar surface area (TPSA) is 123 Å². The molecule has 9 nitrogen and oxygen atoms in total. The van der Waals surface area contributed by atoms with Crippen molar-refractivity contribution in [1.29, 1.82) is 0 Å². The summed E-state index contributed by atoms with van der Waals surface area (Å²) in [6.45, 7) is 6.41. The molecule has 2 aromatic carbocycles. The summed E-state index contributed by atoms with van der Waals surface area (Å²) in [5, 5.41) is 5.86. The van der Waals surface area contributed by atoms with Gasteiger partial charge >= 0.3 is 6.09 Å². The van der Waals surface area contributed by atoms with Crippen molar-refractivity contribution in [2.45, 2.75) is 87.3 Å². The minimum Gasteiger partial charge on any atom is -0.485 e. The molecule has 7 rings (SSSR count). The average molecular weight is 619 g/mol. The summed E-state index contributed by atoms with van der Waals surface area (Å²) < 4.78 is 12.9. The summed E-state index contributed by atoms with van der Waals surface area (Å²) in [5.41, 5.74) is 9.81. The van der Waals surface area contributed by atoms with Crippen LogP contribution in [0.3, 0.4) is 0 Å². The SMILES string of the molecule is CCCCS[C@@H](N=O)[C@]1(N)CC2[C@@H]3Cc4ccc(OC(=O)Nc5ccc(C=O)cc5)c5c4[C@]2(CCN3CC2CC2)[C@H](O5)C1C. The van der Waals surface area contributed by atoms with Crippen LogP contribution < -0.4 is 20.5 Å². The molecule has 7 atom stereocenters. The number of anilines is 1. The zero-order valence-corrected chi connectivity index (χ0v) is 26.3. The lowest BCUT2D eigenvalue weighted by Crippen LogP contribution is -2.74. The van der Waals surface area contributed by atoms with Gasteiger partial charge in [-0.1, -0.05) is 31.5 Å². The third-order valence-electron chi connectivity index (χ3n) is 11.2. The Morgan fingerprint density at radius 3 is 2.77 bits per heavy atom. The number of hydrogen-bond donors (Lipinski definition) is 2. The molecule has 10 heteroatoms. The van der Waals surface area contributed by atoms with Gasteiger partial charge in [0.1, 0.15) is 12.4 Å². The molecule has 0 radical (unpaired) electrons. The van der Waals surface area contributed by atoms with Crippen LogP contribution in [-0.2, 0) is 11.8 Å². The molecule has 1 saturated heterocycles. The fourth-order valence-electron chi connectivity index (χ4n) is 8.71. The largest absolute Gasteiger partial charge is 0.485 e. The Morgan fingerprint density at radius 1 is 1.27 bits per heavy atom. The highest BCUT2D eigenvalue weighted by Gasteiger charge is 2.70. The molecule has 3 fully saturated rings. The molecule has 3 aliphatic carbocycles. The molecule has 234 valence electrons. The molecular formula is C34H42N4O5S. The normalized spacial score (nSPS) is 32.2. The Balaban J connectivity index is 1.24. The summed E-state index contributed by atoms with van der Waals surface area (Å²) in [6, 6.07) is 10.9. The summed E-state index contributed by atoms with van der Waals surface area (Å²) in [7, 11) is 0. The predicted molar refractivity (Wildman–Crippen MR) is 172 cm³/mol. The standard InChI is InChI=1S/C34H42N4O5S/c1-3-4-15-44-31(37-41)34(35)17-25-26-16-23-9-12-27(42-32(40)36-24-10-7-22(19-39)8-11-24)29-28(23)33(25,30(43-29)20(34)2)13-14-38(26)18-21-5-6-21/h7-12,19-21,25-26,30-31H,3-6,13-18,35H2,1-2H3,(H,36,40)/t20?,25?,26-,30+,31+,33+,34-/m0/s1. The van der Waals surface area contributed by atoms with Gasteiger partial charge in [0, 0.05) is 40.7 Å². The number of piperidine rings is 1.